The fourth-order valence-corrected chi connectivity index (χ4v) is 2.83. The minimum absolute atomic E-state index is 0.257. The lowest BCUT2D eigenvalue weighted by Crippen LogP contribution is -2.42. The van der Waals surface area contributed by atoms with Gasteiger partial charge < -0.3 is 10.1 Å². The first kappa shape index (κ1) is 20.6. The van der Waals surface area contributed by atoms with E-state index >= 15 is 0 Å². The van der Waals surface area contributed by atoms with Crippen molar-refractivity contribution in [2.45, 2.75) is 46.1 Å². The van der Waals surface area contributed by atoms with Crippen LogP contribution in [0.15, 0.2) is 48.8 Å². The molecule has 1 N–H and O–H groups in total. The molecule has 0 radical (unpaired) electrons. The van der Waals surface area contributed by atoms with Gasteiger partial charge >= 0.3 is 5.97 Å². The molecule has 0 fully saturated rings. The molecule has 0 aliphatic rings. The highest BCUT2D eigenvalue weighted by atomic mass is 16.5. The van der Waals surface area contributed by atoms with E-state index < -0.39 is 6.04 Å². The van der Waals surface area contributed by atoms with Gasteiger partial charge in [-0.1, -0.05) is 32.0 Å². The van der Waals surface area contributed by atoms with E-state index in [9.17, 15) is 9.59 Å². The minimum Gasteiger partial charge on any atom is -0.464 e. The van der Waals surface area contributed by atoms with Crippen LogP contribution in [0.4, 0.5) is 0 Å². The molecule has 0 aliphatic carbocycles. The van der Waals surface area contributed by atoms with Gasteiger partial charge in [0.25, 0.3) is 5.91 Å². The molecular formula is C22H28N2O3. The first-order chi connectivity index (χ1) is 13.0. The third kappa shape index (κ3) is 6.85. The number of nitrogens with one attached hydrogen (secondary N) is 1. The molecule has 1 amide bonds. The largest absolute Gasteiger partial charge is 0.464 e. The fourth-order valence-electron chi connectivity index (χ4n) is 2.83. The summed E-state index contributed by atoms with van der Waals surface area (Å²) in [7, 11) is 0. The van der Waals surface area contributed by atoms with Crippen molar-refractivity contribution in [3.63, 3.8) is 0 Å². The van der Waals surface area contributed by atoms with Crippen LogP contribution in [-0.4, -0.2) is 29.5 Å². The second-order valence-electron chi connectivity index (χ2n) is 6.97. The van der Waals surface area contributed by atoms with Crippen molar-refractivity contribution in [2.75, 3.05) is 6.61 Å². The molecule has 144 valence electrons. The van der Waals surface area contributed by atoms with Crippen molar-refractivity contribution in [3.8, 4) is 0 Å². The molecule has 0 aliphatic heterocycles. The van der Waals surface area contributed by atoms with E-state index in [1.54, 1.807) is 25.3 Å². The van der Waals surface area contributed by atoms with Gasteiger partial charge in [-0.3, -0.25) is 9.78 Å². The molecule has 1 aromatic carbocycles. The highest BCUT2D eigenvalue weighted by Gasteiger charge is 2.23. The highest BCUT2D eigenvalue weighted by Crippen LogP contribution is 2.11. The number of aryl methyl sites for hydroxylation is 2. The van der Waals surface area contributed by atoms with Gasteiger partial charge in [0.05, 0.1) is 6.61 Å². The van der Waals surface area contributed by atoms with Crippen LogP contribution in [0.2, 0.25) is 0 Å². The van der Waals surface area contributed by atoms with Gasteiger partial charge in [-0.25, -0.2) is 4.79 Å². The minimum atomic E-state index is -0.622. The Morgan fingerprint density at radius 2 is 1.78 bits per heavy atom. The molecule has 1 heterocycles. The predicted octanol–water partition coefficient (Wildman–Crippen LogP) is 3.57. The summed E-state index contributed by atoms with van der Waals surface area (Å²) >= 11 is 0. The van der Waals surface area contributed by atoms with Crippen LogP contribution in [0, 0.1) is 5.92 Å². The van der Waals surface area contributed by atoms with E-state index in [0.29, 0.717) is 18.6 Å². The van der Waals surface area contributed by atoms with Crippen LogP contribution >= 0.6 is 0 Å². The number of ether oxygens (including phenoxy) is 1. The van der Waals surface area contributed by atoms with Gasteiger partial charge in [-0.15, -0.1) is 0 Å². The SMILES string of the molecule is CCOC(=O)[C@H](CC(C)C)NC(=O)c1ccc(CCc2cccnc2)cc1. The van der Waals surface area contributed by atoms with E-state index in [4.69, 9.17) is 4.74 Å². The molecule has 2 aromatic rings. The molecule has 1 atom stereocenters. The topological polar surface area (TPSA) is 68.3 Å². The number of pyridine rings is 1. The summed E-state index contributed by atoms with van der Waals surface area (Å²) in [5.41, 5.74) is 2.88. The maximum atomic E-state index is 12.5. The summed E-state index contributed by atoms with van der Waals surface area (Å²) in [5.74, 6) is -0.366. The van der Waals surface area contributed by atoms with Gasteiger partial charge in [-0.05, 0) is 61.4 Å². The smallest absolute Gasteiger partial charge is 0.328 e. The van der Waals surface area contributed by atoms with Gasteiger partial charge in [-0.2, -0.15) is 0 Å². The van der Waals surface area contributed by atoms with Gasteiger partial charge in [0.1, 0.15) is 6.04 Å². The number of rotatable bonds is 9. The summed E-state index contributed by atoms with van der Waals surface area (Å²) in [6, 6.07) is 10.9. The third-order valence-corrected chi connectivity index (χ3v) is 4.22. The van der Waals surface area contributed by atoms with Gasteiger partial charge in [0.15, 0.2) is 0 Å². The molecule has 0 unspecified atom stereocenters. The Hall–Kier alpha value is -2.69. The number of carbonyl (C=O) groups excluding carboxylic acids is 2. The van der Waals surface area contributed by atoms with E-state index in [-0.39, 0.29) is 17.8 Å². The fraction of sp³-hybridized carbons (Fsp3) is 0.409. The average molecular weight is 368 g/mol. The average Bonchev–Trinajstić information content (AvgIpc) is 2.67. The molecule has 5 nitrogen and oxygen atoms in total. The summed E-state index contributed by atoms with van der Waals surface area (Å²) in [6.45, 7) is 6.08. The van der Waals surface area contributed by atoms with E-state index in [1.807, 2.05) is 38.2 Å². The van der Waals surface area contributed by atoms with E-state index in [2.05, 4.69) is 16.4 Å². The lowest BCUT2D eigenvalue weighted by Gasteiger charge is -2.19. The molecule has 0 bridgehead atoms. The lowest BCUT2D eigenvalue weighted by molar-refractivity contribution is -0.145. The molecule has 2 rings (SSSR count). The Kier molecular flexibility index (Phi) is 7.99. The van der Waals surface area contributed by atoms with Crippen LogP contribution in [0.25, 0.3) is 0 Å². The first-order valence-electron chi connectivity index (χ1n) is 9.45. The van der Waals surface area contributed by atoms with Crippen LogP contribution in [0.1, 0.15) is 48.7 Å². The van der Waals surface area contributed by atoms with Crippen molar-refractivity contribution in [1.29, 1.82) is 0 Å². The maximum Gasteiger partial charge on any atom is 0.328 e. The Labute approximate surface area is 161 Å². The number of amides is 1. The number of carbonyl (C=O) groups is 2. The zero-order valence-electron chi connectivity index (χ0n) is 16.3. The van der Waals surface area contributed by atoms with Crippen LogP contribution in [0.3, 0.4) is 0 Å². The number of nitrogens with zero attached hydrogens (tertiary/aromatic N) is 1. The summed E-state index contributed by atoms with van der Waals surface area (Å²) in [6.07, 6.45) is 5.96. The van der Waals surface area contributed by atoms with Crippen molar-refractivity contribution >= 4 is 11.9 Å². The van der Waals surface area contributed by atoms with E-state index in [0.717, 1.165) is 18.4 Å². The number of benzene rings is 1. The van der Waals surface area contributed by atoms with Crippen molar-refractivity contribution in [3.05, 3.63) is 65.5 Å². The monoisotopic (exact) mass is 368 g/mol. The zero-order valence-corrected chi connectivity index (χ0v) is 16.3. The van der Waals surface area contributed by atoms with Crippen molar-refractivity contribution in [1.82, 2.24) is 10.3 Å². The van der Waals surface area contributed by atoms with Gasteiger partial charge in [0.2, 0.25) is 0 Å². The number of hydrogen-bond donors (Lipinski definition) is 1. The van der Waals surface area contributed by atoms with Gasteiger partial charge in [0, 0.05) is 18.0 Å². The molecule has 0 spiro atoms. The second-order valence-corrected chi connectivity index (χ2v) is 6.97. The van der Waals surface area contributed by atoms with Crippen LogP contribution in [0.5, 0.6) is 0 Å². The predicted molar refractivity (Wildman–Crippen MR) is 105 cm³/mol. The Balaban J connectivity index is 1.95. The number of aromatic nitrogens is 1. The molecule has 5 heteroatoms. The maximum absolute atomic E-state index is 12.5. The first-order valence-corrected chi connectivity index (χ1v) is 9.45. The quantitative estimate of drug-likeness (QED) is 0.687. The highest BCUT2D eigenvalue weighted by molar-refractivity contribution is 5.96. The third-order valence-electron chi connectivity index (χ3n) is 4.22. The summed E-state index contributed by atoms with van der Waals surface area (Å²) < 4.78 is 5.08. The Morgan fingerprint density at radius 3 is 2.37 bits per heavy atom. The van der Waals surface area contributed by atoms with Crippen LogP contribution in [-0.2, 0) is 22.4 Å². The number of hydrogen-bond acceptors (Lipinski definition) is 4. The number of esters is 1. The molecular weight excluding hydrogens is 340 g/mol. The van der Waals surface area contributed by atoms with E-state index in [1.165, 1.54) is 5.56 Å². The molecule has 1 aromatic heterocycles. The molecule has 0 saturated heterocycles. The summed E-state index contributed by atoms with van der Waals surface area (Å²) in [5, 5.41) is 2.80. The summed E-state index contributed by atoms with van der Waals surface area (Å²) in [4.78, 5) is 28.7. The Bertz CT molecular complexity index is 727. The molecule has 27 heavy (non-hydrogen) atoms. The van der Waals surface area contributed by atoms with Crippen LogP contribution < -0.4 is 5.32 Å². The lowest BCUT2D eigenvalue weighted by atomic mass is 10.0. The normalized spacial score (nSPS) is 11.9. The standard InChI is InChI=1S/C22H28N2O3/c1-4-27-22(26)20(14-16(2)3)24-21(25)19-11-9-17(10-12-19)7-8-18-6-5-13-23-15-18/h5-6,9-13,15-16,20H,4,7-8,14H2,1-3H3,(H,24,25)/t20-/m0/s1. The second kappa shape index (κ2) is 10.5. The van der Waals surface area contributed by atoms with Crippen molar-refractivity contribution in [2.24, 2.45) is 5.92 Å². The Morgan fingerprint density at radius 1 is 1.07 bits per heavy atom. The molecule has 0 saturated carbocycles. The zero-order chi connectivity index (χ0) is 19.6. The van der Waals surface area contributed by atoms with Crippen molar-refractivity contribution < 1.29 is 14.3 Å².